The van der Waals surface area contributed by atoms with E-state index < -0.39 is 0 Å². The minimum atomic E-state index is -0.298. The number of amides is 1. The summed E-state index contributed by atoms with van der Waals surface area (Å²) >= 11 is 0. The highest BCUT2D eigenvalue weighted by atomic mass is 19.1. The van der Waals surface area contributed by atoms with E-state index in [1.165, 1.54) is 12.1 Å². The third-order valence-electron chi connectivity index (χ3n) is 5.39. The number of hydrogen-bond donors (Lipinski definition) is 0. The van der Waals surface area contributed by atoms with Crippen LogP contribution in [0.4, 0.5) is 4.39 Å². The average Bonchev–Trinajstić information content (AvgIpc) is 2.76. The summed E-state index contributed by atoms with van der Waals surface area (Å²) < 4.78 is 24.3. The maximum absolute atomic E-state index is 13.0. The molecule has 8 heteroatoms. The number of rotatable bonds is 6. The first-order valence-electron chi connectivity index (χ1n) is 9.95. The van der Waals surface area contributed by atoms with E-state index in [0.717, 1.165) is 38.3 Å². The molecule has 1 aromatic heterocycles. The number of hydrogen-bond acceptors (Lipinski definition) is 6. The van der Waals surface area contributed by atoms with Gasteiger partial charge in [0.2, 0.25) is 5.91 Å². The Labute approximate surface area is 169 Å². The molecule has 1 aromatic carbocycles. The first-order valence-corrected chi connectivity index (χ1v) is 9.95. The van der Waals surface area contributed by atoms with E-state index >= 15 is 0 Å². The molecule has 1 atom stereocenters. The van der Waals surface area contributed by atoms with Crippen molar-refractivity contribution in [3.63, 3.8) is 0 Å². The van der Waals surface area contributed by atoms with Crippen LogP contribution in [0.25, 0.3) is 0 Å². The van der Waals surface area contributed by atoms with Crippen molar-refractivity contribution in [1.29, 1.82) is 0 Å². The summed E-state index contributed by atoms with van der Waals surface area (Å²) in [6.45, 7) is 3.48. The van der Waals surface area contributed by atoms with Crippen LogP contribution in [-0.2, 0) is 16.1 Å². The lowest BCUT2D eigenvalue weighted by molar-refractivity contribution is -0.155. The van der Waals surface area contributed by atoms with Gasteiger partial charge < -0.3 is 14.4 Å². The number of morpholine rings is 1. The van der Waals surface area contributed by atoms with Gasteiger partial charge in [0, 0.05) is 31.5 Å². The van der Waals surface area contributed by atoms with E-state index in [2.05, 4.69) is 14.9 Å². The number of carbonyl (C=O) groups excluding carboxylic acids is 1. The highest BCUT2D eigenvalue weighted by Crippen LogP contribution is 2.21. The van der Waals surface area contributed by atoms with Crippen LogP contribution < -0.4 is 4.74 Å². The maximum Gasteiger partial charge on any atom is 0.248 e. The van der Waals surface area contributed by atoms with Crippen molar-refractivity contribution >= 4 is 5.91 Å². The van der Waals surface area contributed by atoms with Crippen molar-refractivity contribution in [3.05, 3.63) is 54.4 Å². The number of nitrogens with zero attached hydrogens (tertiary/aromatic N) is 4. The fourth-order valence-electron chi connectivity index (χ4n) is 3.82. The Balaban J connectivity index is 1.26. The van der Waals surface area contributed by atoms with Crippen molar-refractivity contribution in [1.82, 2.24) is 19.8 Å². The molecule has 2 aliphatic rings. The third-order valence-corrected chi connectivity index (χ3v) is 5.39. The van der Waals surface area contributed by atoms with Gasteiger partial charge in [-0.3, -0.25) is 9.69 Å². The second-order valence-corrected chi connectivity index (χ2v) is 7.42. The Bertz CT molecular complexity index is 797. The number of halogens is 1. The Morgan fingerprint density at radius 2 is 1.86 bits per heavy atom. The van der Waals surface area contributed by atoms with E-state index in [-0.39, 0.29) is 30.5 Å². The van der Waals surface area contributed by atoms with Gasteiger partial charge in [-0.1, -0.05) is 0 Å². The maximum atomic E-state index is 13.0. The fourth-order valence-corrected chi connectivity index (χ4v) is 3.82. The summed E-state index contributed by atoms with van der Waals surface area (Å²) in [5, 5.41) is 0. The quantitative estimate of drug-likeness (QED) is 0.738. The minimum absolute atomic E-state index is 0.0351. The lowest BCUT2D eigenvalue weighted by atomic mass is 10.0. The Morgan fingerprint density at radius 1 is 1.14 bits per heavy atom. The molecule has 0 bridgehead atoms. The largest absolute Gasteiger partial charge is 0.491 e. The van der Waals surface area contributed by atoms with Gasteiger partial charge in [-0.05, 0) is 43.2 Å². The van der Waals surface area contributed by atoms with Crippen LogP contribution in [0.15, 0.2) is 42.7 Å². The summed E-state index contributed by atoms with van der Waals surface area (Å²) in [6.07, 6.45) is 5.17. The van der Waals surface area contributed by atoms with Gasteiger partial charge in [-0.2, -0.15) is 0 Å². The number of ether oxygens (including phenoxy) is 2. The molecule has 1 amide bonds. The summed E-state index contributed by atoms with van der Waals surface area (Å²) in [5.41, 5.74) is 0. The molecule has 0 radical (unpaired) electrons. The molecule has 29 heavy (non-hydrogen) atoms. The molecular weight excluding hydrogens is 375 g/mol. The van der Waals surface area contributed by atoms with E-state index in [1.54, 1.807) is 24.5 Å². The highest BCUT2D eigenvalue weighted by Gasteiger charge is 2.33. The summed E-state index contributed by atoms with van der Waals surface area (Å²) in [7, 11) is 0. The summed E-state index contributed by atoms with van der Waals surface area (Å²) in [6, 6.07) is 7.94. The Hall–Kier alpha value is -2.58. The predicted octanol–water partition coefficient (Wildman–Crippen LogP) is 1.89. The zero-order chi connectivity index (χ0) is 20.1. The first-order chi connectivity index (χ1) is 14.2. The number of aromatic nitrogens is 2. The van der Waals surface area contributed by atoms with Gasteiger partial charge in [-0.25, -0.2) is 14.4 Å². The van der Waals surface area contributed by atoms with Crippen LogP contribution in [-0.4, -0.2) is 70.7 Å². The monoisotopic (exact) mass is 400 g/mol. The second-order valence-electron chi connectivity index (χ2n) is 7.42. The predicted molar refractivity (Wildman–Crippen MR) is 104 cm³/mol. The van der Waals surface area contributed by atoms with E-state index in [1.807, 2.05) is 11.0 Å². The summed E-state index contributed by atoms with van der Waals surface area (Å²) in [5.74, 6) is 1.15. The molecule has 3 heterocycles. The number of carbonyl (C=O) groups is 1. The van der Waals surface area contributed by atoms with E-state index in [0.29, 0.717) is 18.9 Å². The van der Waals surface area contributed by atoms with Crippen LogP contribution in [0.3, 0.4) is 0 Å². The minimum Gasteiger partial charge on any atom is -0.491 e. The van der Waals surface area contributed by atoms with Gasteiger partial charge in [0.1, 0.15) is 36.7 Å². The van der Waals surface area contributed by atoms with Gasteiger partial charge in [-0.15, -0.1) is 0 Å². The van der Waals surface area contributed by atoms with Gasteiger partial charge in [0.05, 0.1) is 13.1 Å². The normalized spacial score (nSPS) is 21.3. The van der Waals surface area contributed by atoms with Crippen LogP contribution in [0.2, 0.25) is 0 Å². The lowest BCUT2D eigenvalue weighted by Crippen LogP contribution is -2.55. The van der Waals surface area contributed by atoms with E-state index in [9.17, 15) is 9.18 Å². The first kappa shape index (κ1) is 19.7. The molecule has 7 nitrogen and oxygen atoms in total. The number of likely N-dealkylation sites (tertiary alicyclic amines) is 1. The molecule has 2 aliphatic heterocycles. The standard InChI is InChI=1S/C21H25FN4O3/c22-16-2-4-18(5-3-16)28-14-19-12-26(21(27)15-29-19)17-6-10-25(11-7-17)13-20-23-8-1-9-24-20/h1-5,8-9,17,19H,6-7,10-15H2. The lowest BCUT2D eigenvalue weighted by Gasteiger charge is -2.42. The number of piperidine rings is 1. The third kappa shape index (κ3) is 5.27. The topological polar surface area (TPSA) is 67.8 Å². The highest BCUT2D eigenvalue weighted by molar-refractivity contribution is 5.78. The van der Waals surface area contributed by atoms with Crippen molar-refractivity contribution in [2.24, 2.45) is 0 Å². The van der Waals surface area contributed by atoms with Crippen LogP contribution >= 0.6 is 0 Å². The van der Waals surface area contributed by atoms with Crippen LogP contribution in [0, 0.1) is 5.82 Å². The van der Waals surface area contributed by atoms with Gasteiger partial charge in [0.15, 0.2) is 0 Å². The van der Waals surface area contributed by atoms with Crippen LogP contribution in [0.5, 0.6) is 5.75 Å². The Kier molecular flexibility index (Phi) is 6.31. The molecule has 2 saturated heterocycles. The molecule has 0 saturated carbocycles. The smallest absolute Gasteiger partial charge is 0.248 e. The van der Waals surface area contributed by atoms with Crippen molar-refractivity contribution in [3.8, 4) is 5.75 Å². The van der Waals surface area contributed by atoms with Crippen molar-refractivity contribution in [2.75, 3.05) is 32.8 Å². The SMILES string of the molecule is O=C1COC(COc2ccc(F)cc2)CN1C1CCN(Cc2ncccn2)CC1. The fraction of sp³-hybridized carbons (Fsp3) is 0.476. The molecule has 4 rings (SSSR count). The average molecular weight is 400 g/mol. The molecule has 1 unspecified atom stereocenters. The van der Waals surface area contributed by atoms with E-state index in [4.69, 9.17) is 9.47 Å². The molecule has 0 aliphatic carbocycles. The van der Waals surface area contributed by atoms with Gasteiger partial charge >= 0.3 is 0 Å². The van der Waals surface area contributed by atoms with Crippen molar-refractivity contribution in [2.45, 2.75) is 31.5 Å². The zero-order valence-electron chi connectivity index (χ0n) is 16.2. The molecule has 0 spiro atoms. The molecular formula is C21H25FN4O3. The molecule has 0 N–H and O–H groups in total. The second kappa shape index (κ2) is 9.28. The zero-order valence-corrected chi connectivity index (χ0v) is 16.2. The molecule has 2 aromatic rings. The van der Waals surface area contributed by atoms with Gasteiger partial charge in [0.25, 0.3) is 0 Å². The number of benzene rings is 1. The molecule has 2 fully saturated rings. The molecule has 154 valence electrons. The van der Waals surface area contributed by atoms with Crippen molar-refractivity contribution < 1.29 is 18.7 Å². The summed E-state index contributed by atoms with van der Waals surface area (Å²) in [4.78, 5) is 25.2. The Morgan fingerprint density at radius 3 is 2.59 bits per heavy atom. The van der Waals surface area contributed by atoms with Crippen LogP contribution in [0.1, 0.15) is 18.7 Å².